The topological polar surface area (TPSA) is 114 Å². The van der Waals surface area contributed by atoms with E-state index < -0.39 is 18.4 Å². The number of anilines is 2. The number of carbonyl (C=O) groups is 3. The number of aromatic nitrogens is 2. The van der Waals surface area contributed by atoms with Crippen molar-refractivity contribution in [3.63, 3.8) is 0 Å². The van der Waals surface area contributed by atoms with Crippen LogP contribution in [-0.4, -0.2) is 59.3 Å². The van der Waals surface area contributed by atoms with Gasteiger partial charge in [0.2, 0.25) is 5.78 Å². The van der Waals surface area contributed by atoms with Gasteiger partial charge in [-0.2, -0.15) is 0 Å². The molecule has 0 unspecified atom stereocenters. The van der Waals surface area contributed by atoms with Gasteiger partial charge < -0.3 is 24.7 Å². The van der Waals surface area contributed by atoms with Crippen LogP contribution in [0.3, 0.4) is 0 Å². The number of amides is 1. The van der Waals surface area contributed by atoms with E-state index in [1.54, 1.807) is 42.5 Å². The summed E-state index contributed by atoms with van der Waals surface area (Å²) >= 11 is 0. The van der Waals surface area contributed by atoms with Gasteiger partial charge in [-0.3, -0.25) is 9.59 Å². The van der Waals surface area contributed by atoms with Gasteiger partial charge in [0.25, 0.3) is 5.91 Å². The maximum Gasteiger partial charge on any atom is 0.342 e. The molecule has 1 saturated heterocycles. The van der Waals surface area contributed by atoms with Crippen LogP contribution in [0, 0.1) is 0 Å². The second-order valence-electron chi connectivity index (χ2n) is 7.53. The normalized spacial score (nSPS) is 12.9. The number of methoxy groups -OCH3 is 1. The van der Waals surface area contributed by atoms with Crippen LogP contribution >= 0.6 is 0 Å². The zero-order chi connectivity index (χ0) is 23.2. The van der Waals surface area contributed by atoms with Gasteiger partial charge in [0, 0.05) is 31.0 Å². The fourth-order valence-corrected chi connectivity index (χ4v) is 3.61. The maximum absolute atomic E-state index is 12.7. The number of nitrogens with one attached hydrogen (secondary N) is 2. The molecule has 0 atom stereocenters. The van der Waals surface area contributed by atoms with Crippen molar-refractivity contribution in [3.8, 4) is 5.75 Å². The molecule has 1 amide bonds. The maximum atomic E-state index is 12.7. The number of carbonyl (C=O) groups excluding carboxylic acids is 3. The molecule has 1 aliphatic rings. The summed E-state index contributed by atoms with van der Waals surface area (Å²) in [4.78, 5) is 46.5. The van der Waals surface area contributed by atoms with Crippen LogP contribution in [0.4, 0.5) is 11.5 Å². The molecule has 4 rings (SSSR count). The Morgan fingerprint density at radius 1 is 1.12 bits per heavy atom. The largest absolute Gasteiger partial charge is 0.495 e. The lowest BCUT2D eigenvalue weighted by atomic mass is 10.2. The third-order valence-electron chi connectivity index (χ3n) is 5.35. The van der Waals surface area contributed by atoms with Crippen LogP contribution in [0.1, 0.15) is 44.0 Å². The lowest BCUT2D eigenvalue weighted by Crippen LogP contribution is -2.27. The number of rotatable bonds is 8. The monoisotopic (exact) mass is 448 g/mol. The lowest BCUT2D eigenvalue weighted by Gasteiger charge is -2.13. The quantitative estimate of drug-likeness (QED) is 0.401. The molecule has 2 aromatic heterocycles. The van der Waals surface area contributed by atoms with Crippen molar-refractivity contribution < 1.29 is 23.9 Å². The molecular weight excluding hydrogens is 424 g/mol. The number of H-pyrrole nitrogens is 1. The van der Waals surface area contributed by atoms with Gasteiger partial charge in [0.15, 0.2) is 6.61 Å². The molecule has 2 N–H and O–H groups in total. The standard InChI is InChI=1S/C24H24N4O5/c1-32-21-9-3-2-8-18(21)27-22-17(7-6-10-25-22)24(31)33-15-20(29)16-13-19(26-14-16)23(30)28-11-4-5-12-28/h2-3,6-10,13-14,26H,4-5,11-12,15H2,1H3,(H,25,27). The van der Waals surface area contributed by atoms with E-state index in [1.807, 2.05) is 12.1 Å². The third kappa shape index (κ3) is 5.03. The molecule has 0 aliphatic carbocycles. The van der Waals surface area contributed by atoms with E-state index in [0.29, 0.717) is 17.1 Å². The third-order valence-corrected chi connectivity index (χ3v) is 5.35. The predicted molar refractivity (Wildman–Crippen MR) is 121 cm³/mol. The first kappa shape index (κ1) is 22.1. The van der Waals surface area contributed by atoms with Gasteiger partial charge in [0.05, 0.1) is 12.8 Å². The van der Waals surface area contributed by atoms with Crippen molar-refractivity contribution in [2.45, 2.75) is 12.8 Å². The second kappa shape index (κ2) is 9.99. The fourth-order valence-electron chi connectivity index (χ4n) is 3.61. The molecule has 0 radical (unpaired) electrons. The zero-order valence-corrected chi connectivity index (χ0v) is 18.2. The van der Waals surface area contributed by atoms with Gasteiger partial charge in [0.1, 0.15) is 22.8 Å². The van der Waals surface area contributed by atoms with E-state index in [-0.39, 0.29) is 22.9 Å². The molecule has 0 spiro atoms. The Morgan fingerprint density at radius 2 is 1.91 bits per heavy atom. The molecule has 3 aromatic rings. The fraction of sp³-hybridized carbons (Fsp3) is 0.250. The number of nitrogens with zero attached hydrogens (tertiary/aromatic N) is 2. The number of ether oxygens (including phenoxy) is 2. The summed E-state index contributed by atoms with van der Waals surface area (Å²) in [7, 11) is 1.55. The van der Waals surface area contributed by atoms with Crippen LogP contribution in [0.5, 0.6) is 5.75 Å². The van der Waals surface area contributed by atoms with E-state index in [2.05, 4.69) is 15.3 Å². The van der Waals surface area contributed by atoms with E-state index >= 15 is 0 Å². The van der Waals surface area contributed by atoms with Gasteiger partial charge in [-0.15, -0.1) is 0 Å². The highest BCUT2D eigenvalue weighted by molar-refractivity contribution is 6.02. The molecule has 1 fully saturated rings. The summed E-state index contributed by atoms with van der Waals surface area (Å²) < 4.78 is 10.6. The van der Waals surface area contributed by atoms with Gasteiger partial charge in [-0.1, -0.05) is 12.1 Å². The molecule has 33 heavy (non-hydrogen) atoms. The van der Waals surface area contributed by atoms with E-state index in [0.717, 1.165) is 25.9 Å². The molecular formula is C24H24N4O5. The minimum absolute atomic E-state index is 0.133. The molecule has 3 heterocycles. The Labute approximate surface area is 190 Å². The summed E-state index contributed by atoms with van der Waals surface area (Å²) in [5, 5.41) is 3.07. The highest BCUT2D eigenvalue weighted by Gasteiger charge is 2.22. The molecule has 9 nitrogen and oxygen atoms in total. The number of aromatic amines is 1. The van der Waals surface area contributed by atoms with Crippen LogP contribution < -0.4 is 10.1 Å². The van der Waals surface area contributed by atoms with Crippen LogP contribution in [-0.2, 0) is 4.74 Å². The molecule has 9 heteroatoms. The average molecular weight is 448 g/mol. The first-order valence-corrected chi connectivity index (χ1v) is 10.6. The van der Waals surface area contributed by atoms with Crippen molar-refractivity contribution in [3.05, 3.63) is 71.7 Å². The number of hydrogen-bond acceptors (Lipinski definition) is 7. The van der Waals surface area contributed by atoms with Gasteiger partial charge in [-0.05, 0) is 43.2 Å². The summed E-state index contributed by atoms with van der Waals surface area (Å²) in [6.45, 7) is 0.973. The Bertz CT molecular complexity index is 1170. The minimum atomic E-state index is -0.697. The summed E-state index contributed by atoms with van der Waals surface area (Å²) in [6, 6.07) is 11.9. The van der Waals surface area contributed by atoms with Crippen molar-refractivity contribution >= 4 is 29.2 Å². The number of esters is 1. The Hall–Kier alpha value is -4.14. The number of ketones is 1. The van der Waals surface area contributed by atoms with Crippen molar-refractivity contribution in [1.82, 2.24) is 14.9 Å². The Morgan fingerprint density at radius 3 is 2.70 bits per heavy atom. The van der Waals surface area contributed by atoms with Crippen molar-refractivity contribution in [2.75, 3.05) is 32.1 Å². The van der Waals surface area contributed by atoms with Crippen molar-refractivity contribution in [2.24, 2.45) is 0 Å². The average Bonchev–Trinajstić information content (AvgIpc) is 3.55. The first-order valence-electron chi connectivity index (χ1n) is 10.6. The predicted octanol–water partition coefficient (Wildman–Crippen LogP) is 3.44. The first-order chi connectivity index (χ1) is 16.1. The van der Waals surface area contributed by atoms with Crippen molar-refractivity contribution in [1.29, 1.82) is 0 Å². The van der Waals surface area contributed by atoms with E-state index in [4.69, 9.17) is 9.47 Å². The molecule has 0 saturated carbocycles. The molecule has 0 bridgehead atoms. The van der Waals surface area contributed by atoms with Gasteiger partial charge in [-0.25, -0.2) is 9.78 Å². The highest BCUT2D eigenvalue weighted by Crippen LogP contribution is 2.27. The van der Waals surface area contributed by atoms with Crippen LogP contribution in [0.25, 0.3) is 0 Å². The Balaban J connectivity index is 1.40. The van der Waals surface area contributed by atoms with Crippen LogP contribution in [0.15, 0.2) is 54.9 Å². The number of hydrogen-bond donors (Lipinski definition) is 2. The number of likely N-dealkylation sites (tertiary alicyclic amines) is 1. The number of benzene rings is 1. The summed E-state index contributed by atoms with van der Waals surface area (Å²) in [6.07, 6.45) is 4.96. The number of pyridine rings is 1. The summed E-state index contributed by atoms with van der Waals surface area (Å²) in [5.41, 5.74) is 1.44. The highest BCUT2D eigenvalue weighted by atomic mass is 16.5. The smallest absolute Gasteiger partial charge is 0.342 e. The molecule has 1 aliphatic heterocycles. The van der Waals surface area contributed by atoms with E-state index in [9.17, 15) is 14.4 Å². The minimum Gasteiger partial charge on any atom is -0.495 e. The van der Waals surface area contributed by atoms with Crippen LogP contribution in [0.2, 0.25) is 0 Å². The van der Waals surface area contributed by atoms with Gasteiger partial charge >= 0.3 is 5.97 Å². The number of Topliss-reactive ketones (excluding diaryl/α,β-unsaturated/α-hetero) is 1. The SMILES string of the molecule is COc1ccccc1Nc1ncccc1C(=O)OCC(=O)c1c[nH]c(C(=O)N2CCCC2)c1. The van der Waals surface area contributed by atoms with E-state index in [1.165, 1.54) is 12.3 Å². The lowest BCUT2D eigenvalue weighted by molar-refractivity contribution is 0.0475. The zero-order valence-electron chi connectivity index (χ0n) is 18.2. The summed E-state index contributed by atoms with van der Waals surface area (Å²) in [5.74, 6) is -0.379. The number of para-hydroxylation sites is 2. The molecule has 170 valence electrons. The molecule has 1 aromatic carbocycles. The second-order valence-corrected chi connectivity index (χ2v) is 7.53. The Kier molecular flexibility index (Phi) is 6.68.